The van der Waals surface area contributed by atoms with Crippen LogP contribution in [-0.4, -0.2) is 16.2 Å². The van der Waals surface area contributed by atoms with Gasteiger partial charge in [-0.15, -0.1) is 0 Å². The molecule has 0 N–H and O–H groups in total. The third-order valence-corrected chi connectivity index (χ3v) is 15.2. The van der Waals surface area contributed by atoms with Gasteiger partial charge in [0.05, 0.1) is 22.4 Å². The average Bonchev–Trinajstić information content (AvgIpc) is 3.89. The van der Waals surface area contributed by atoms with Crippen LogP contribution in [0.1, 0.15) is 129 Å². The highest BCUT2D eigenvalue weighted by molar-refractivity contribution is 6.10. The van der Waals surface area contributed by atoms with Crippen molar-refractivity contribution in [2.24, 2.45) is 0 Å². The van der Waals surface area contributed by atoms with Crippen LogP contribution in [0.25, 0.3) is 27.6 Å². The van der Waals surface area contributed by atoms with Crippen LogP contribution in [0.2, 0.25) is 0 Å². The van der Waals surface area contributed by atoms with Gasteiger partial charge in [-0.2, -0.15) is 0 Å². The van der Waals surface area contributed by atoms with Gasteiger partial charge in [0.25, 0.3) is 0 Å². The Hall–Kier alpha value is -7.11. The lowest BCUT2D eigenvalue weighted by molar-refractivity contribution is 0.479. The van der Waals surface area contributed by atoms with Gasteiger partial charge in [-0.1, -0.05) is 175 Å². The summed E-state index contributed by atoms with van der Waals surface area (Å²) in [6, 6.07) is 62.6. The zero-order valence-electron chi connectivity index (χ0n) is 44.1. The van der Waals surface area contributed by atoms with E-state index >= 15 is 0 Å². The number of aromatic nitrogens is 2. The molecule has 0 radical (unpaired) electrons. The highest BCUT2D eigenvalue weighted by atomic mass is 16.5. The molecule has 360 valence electrons. The summed E-state index contributed by atoms with van der Waals surface area (Å²) in [7, 11) is 0. The molecule has 2 aromatic heterocycles. The summed E-state index contributed by atoms with van der Waals surface area (Å²) in [6.07, 6.45) is 1.95. The van der Waals surface area contributed by atoms with E-state index in [2.05, 4.69) is 274 Å². The third-order valence-electron chi connectivity index (χ3n) is 15.2. The quantitative estimate of drug-likeness (QED) is 0.144. The van der Waals surface area contributed by atoms with Crippen molar-refractivity contribution in [1.82, 2.24) is 9.55 Å². The molecule has 5 heteroatoms. The summed E-state index contributed by atoms with van der Waals surface area (Å²) in [5, 5.41) is 2.34. The second kappa shape index (κ2) is 17.3. The van der Waals surface area contributed by atoms with Gasteiger partial charge in [0.15, 0.2) is 0 Å². The number of fused-ring (bicyclic) bond motifs is 4. The Bertz CT molecular complexity index is 3430. The second-order valence-corrected chi connectivity index (χ2v) is 24.0. The SMILES string of the molecule is CC(C)(C)c1cccc(N2CN(c3cc(Oc4ccc5c6cc(C(C)(C)c7ccccc7)ccc6n(-c6cc(C(C)(C)C)ccn6)c5c4)cc(C(C)(C)C)c3)c3cc(C(C)(C)c4ccccc4)ccc32)c1. The van der Waals surface area contributed by atoms with Crippen molar-refractivity contribution >= 4 is 44.6 Å². The van der Waals surface area contributed by atoms with Crippen LogP contribution in [-0.2, 0) is 27.1 Å². The smallest absolute Gasteiger partial charge is 0.137 e. The number of benzene rings is 7. The van der Waals surface area contributed by atoms with Crippen molar-refractivity contribution in [2.45, 2.75) is 117 Å². The highest BCUT2D eigenvalue weighted by Crippen LogP contribution is 2.49. The van der Waals surface area contributed by atoms with Crippen molar-refractivity contribution < 1.29 is 4.74 Å². The normalized spacial score (nSPS) is 13.6. The van der Waals surface area contributed by atoms with E-state index < -0.39 is 0 Å². The minimum atomic E-state index is -0.215. The maximum Gasteiger partial charge on any atom is 0.137 e. The number of nitrogens with zero attached hydrogens (tertiary/aromatic N) is 4. The van der Waals surface area contributed by atoms with Gasteiger partial charge < -0.3 is 14.5 Å². The molecule has 1 aliphatic rings. The van der Waals surface area contributed by atoms with Crippen LogP contribution < -0.4 is 14.5 Å². The first kappa shape index (κ1) is 47.6. The van der Waals surface area contributed by atoms with Crippen LogP contribution in [0.4, 0.5) is 22.7 Å². The molecule has 0 aliphatic carbocycles. The molecular weight excluding hydrogens is 865 g/mol. The summed E-state index contributed by atoms with van der Waals surface area (Å²) < 4.78 is 9.46. The fourth-order valence-corrected chi connectivity index (χ4v) is 10.3. The summed E-state index contributed by atoms with van der Waals surface area (Å²) in [6.45, 7) is 30.4. The van der Waals surface area contributed by atoms with E-state index in [-0.39, 0.29) is 27.1 Å². The number of anilines is 4. The number of hydrogen-bond acceptors (Lipinski definition) is 4. The van der Waals surface area contributed by atoms with Crippen molar-refractivity contribution in [3.05, 3.63) is 215 Å². The van der Waals surface area contributed by atoms with Crippen LogP contribution in [0.5, 0.6) is 11.5 Å². The van der Waals surface area contributed by atoms with Gasteiger partial charge in [-0.25, -0.2) is 4.98 Å². The Morgan fingerprint density at radius 3 is 1.61 bits per heavy atom. The van der Waals surface area contributed by atoms with Crippen LogP contribution in [0, 0.1) is 0 Å². The molecule has 7 aromatic carbocycles. The van der Waals surface area contributed by atoms with Gasteiger partial charge >= 0.3 is 0 Å². The van der Waals surface area contributed by atoms with E-state index in [1.54, 1.807) is 0 Å². The summed E-state index contributed by atoms with van der Waals surface area (Å²) in [5.74, 6) is 2.45. The van der Waals surface area contributed by atoms with E-state index in [9.17, 15) is 0 Å². The lowest BCUT2D eigenvalue weighted by Crippen LogP contribution is -2.25. The summed E-state index contributed by atoms with van der Waals surface area (Å²) >= 11 is 0. The van der Waals surface area contributed by atoms with E-state index in [0.717, 1.165) is 39.4 Å². The molecule has 10 rings (SSSR count). The van der Waals surface area contributed by atoms with Crippen molar-refractivity contribution in [1.29, 1.82) is 0 Å². The molecule has 0 spiro atoms. The first-order valence-corrected chi connectivity index (χ1v) is 25.4. The average molecular weight is 935 g/mol. The Morgan fingerprint density at radius 2 is 0.958 bits per heavy atom. The zero-order chi connectivity index (χ0) is 50.3. The zero-order valence-corrected chi connectivity index (χ0v) is 44.1. The first-order valence-electron chi connectivity index (χ1n) is 25.4. The molecule has 0 unspecified atom stereocenters. The standard InChI is InChI=1S/C66H70N4O/c1-62(2,3)46-25-20-26-51(35-46)68-43-69(60-39-49(28-32-58(60)68)66(12,13)45-23-18-15-19-24-45)52-36-50(64(7,8)9)37-54(41-52)71-53-29-30-55-56-38-48(65(10,11)44-21-16-14-17-22-44)27-31-57(56)70(59(55)42-53)61-40-47(33-34-67-61)63(4,5)6/h14-42H,43H2,1-13H3. The van der Waals surface area contributed by atoms with Gasteiger partial charge in [-0.05, 0) is 128 Å². The Balaban J connectivity index is 1.11. The van der Waals surface area contributed by atoms with E-state index in [0.29, 0.717) is 6.67 Å². The molecule has 9 aromatic rings. The monoisotopic (exact) mass is 935 g/mol. The van der Waals surface area contributed by atoms with Gasteiger partial charge in [0, 0.05) is 51.3 Å². The molecule has 0 fully saturated rings. The third kappa shape index (κ3) is 8.90. The Morgan fingerprint density at radius 1 is 0.380 bits per heavy atom. The van der Waals surface area contributed by atoms with Crippen molar-refractivity contribution in [2.75, 3.05) is 16.5 Å². The maximum atomic E-state index is 7.14. The van der Waals surface area contributed by atoms with Gasteiger partial charge in [0.2, 0.25) is 0 Å². The fraction of sp³-hybridized carbons (Fsp3) is 0.288. The van der Waals surface area contributed by atoms with Crippen molar-refractivity contribution in [3.63, 3.8) is 0 Å². The molecule has 3 heterocycles. The summed E-state index contributed by atoms with van der Waals surface area (Å²) in [4.78, 5) is 9.99. The van der Waals surface area contributed by atoms with E-state index in [1.165, 1.54) is 61.4 Å². The second-order valence-electron chi connectivity index (χ2n) is 24.0. The minimum absolute atomic E-state index is 0.0155. The lowest BCUT2D eigenvalue weighted by atomic mass is 9.78. The molecule has 1 aliphatic heterocycles. The maximum absolute atomic E-state index is 7.14. The number of ether oxygens (including phenoxy) is 1. The number of pyridine rings is 1. The molecule has 0 saturated carbocycles. The molecule has 71 heavy (non-hydrogen) atoms. The van der Waals surface area contributed by atoms with Gasteiger partial charge in [-0.3, -0.25) is 4.57 Å². The molecule has 0 saturated heterocycles. The highest BCUT2D eigenvalue weighted by Gasteiger charge is 2.34. The topological polar surface area (TPSA) is 33.5 Å². The molecule has 0 bridgehead atoms. The van der Waals surface area contributed by atoms with Crippen molar-refractivity contribution in [3.8, 4) is 17.3 Å². The van der Waals surface area contributed by atoms with E-state index in [4.69, 9.17) is 9.72 Å². The predicted molar refractivity (Wildman–Crippen MR) is 300 cm³/mol. The number of rotatable bonds is 9. The number of hydrogen-bond donors (Lipinski definition) is 0. The van der Waals surface area contributed by atoms with Crippen LogP contribution in [0.3, 0.4) is 0 Å². The fourth-order valence-electron chi connectivity index (χ4n) is 10.3. The minimum Gasteiger partial charge on any atom is -0.457 e. The molecule has 5 nitrogen and oxygen atoms in total. The lowest BCUT2D eigenvalue weighted by Gasteiger charge is -2.28. The molecule has 0 amide bonds. The Labute approximate surface area is 422 Å². The Kier molecular flexibility index (Phi) is 11.6. The van der Waals surface area contributed by atoms with E-state index in [1.807, 2.05) is 6.20 Å². The largest absolute Gasteiger partial charge is 0.457 e. The first-order chi connectivity index (χ1) is 33.6. The van der Waals surface area contributed by atoms with Crippen LogP contribution >= 0.6 is 0 Å². The molecular formula is C66H70N4O. The summed E-state index contributed by atoms with van der Waals surface area (Å²) in [5.41, 5.74) is 15.0. The predicted octanol–water partition coefficient (Wildman–Crippen LogP) is 17.8. The molecule has 0 atom stereocenters. The van der Waals surface area contributed by atoms with Crippen LogP contribution in [0.15, 0.2) is 176 Å². The van der Waals surface area contributed by atoms with Gasteiger partial charge in [0.1, 0.15) is 24.0 Å².